The lowest BCUT2D eigenvalue weighted by atomic mass is 10.1. The molecule has 29 heavy (non-hydrogen) atoms. The third kappa shape index (κ3) is 5.66. The van der Waals surface area contributed by atoms with Crippen molar-refractivity contribution in [2.24, 2.45) is 0 Å². The molecule has 0 bridgehead atoms. The molecular weight excluding hydrogens is 386 g/mol. The molecule has 0 fully saturated rings. The van der Waals surface area contributed by atoms with E-state index in [-0.39, 0.29) is 16.8 Å². The first-order valence-corrected chi connectivity index (χ1v) is 10.6. The molecule has 0 aliphatic rings. The molecule has 1 unspecified atom stereocenters. The first kappa shape index (κ1) is 20.6. The number of anilines is 2. The van der Waals surface area contributed by atoms with E-state index < -0.39 is 10.0 Å². The van der Waals surface area contributed by atoms with Crippen molar-refractivity contribution in [3.63, 3.8) is 0 Å². The summed E-state index contributed by atoms with van der Waals surface area (Å²) in [7, 11) is -3.56. The van der Waals surface area contributed by atoms with Crippen LogP contribution in [0.5, 0.6) is 0 Å². The molecule has 1 amide bonds. The summed E-state index contributed by atoms with van der Waals surface area (Å²) in [5, 5.41) is 2.82. The number of hydrogen-bond acceptors (Lipinski definition) is 4. The van der Waals surface area contributed by atoms with Crippen LogP contribution in [0.2, 0.25) is 0 Å². The first-order chi connectivity index (χ1) is 13.8. The summed E-state index contributed by atoms with van der Waals surface area (Å²) in [6, 6.07) is 22.1. The van der Waals surface area contributed by atoms with Crippen molar-refractivity contribution in [2.75, 3.05) is 11.1 Å². The van der Waals surface area contributed by atoms with Gasteiger partial charge in [-0.05, 0) is 61.4 Å². The number of carbonyl (C=O) groups is 1. The van der Waals surface area contributed by atoms with Crippen molar-refractivity contribution in [3.8, 4) is 0 Å². The monoisotopic (exact) mass is 409 g/mol. The number of benzene rings is 3. The number of nitrogens with two attached hydrogens (primary N) is 1. The van der Waals surface area contributed by atoms with Crippen molar-refractivity contribution in [1.82, 2.24) is 4.72 Å². The number of rotatable bonds is 7. The van der Waals surface area contributed by atoms with Crippen molar-refractivity contribution in [2.45, 2.75) is 24.3 Å². The van der Waals surface area contributed by atoms with Gasteiger partial charge in [-0.25, -0.2) is 13.1 Å². The SMILES string of the molecule is CC(Cc1ccc(NC(=O)c2cccc(N)c2)cc1)NS(=O)(=O)c1ccccc1. The molecule has 0 radical (unpaired) electrons. The van der Waals surface area contributed by atoms with Crippen LogP contribution in [0.25, 0.3) is 0 Å². The van der Waals surface area contributed by atoms with Crippen molar-refractivity contribution in [1.29, 1.82) is 0 Å². The number of carbonyl (C=O) groups excluding carboxylic acids is 1. The van der Waals surface area contributed by atoms with Crippen molar-refractivity contribution >= 4 is 27.3 Å². The zero-order valence-electron chi connectivity index (χ0n) is 16.0. The maximum Gasteiger partial charge on any atom is 0.255 e. The Kier molecular flexibility index (Phi) is 6.31. The van der Waals surface area contributed by atoms with Crippen LogP contribution in [-0.4, -0.2) is 20.4 Å². The summed E-state index contributed by atoms with van der Waals surface area (Å²) in [6.45, 7) is 1.82. The molecule has 0 heterocycles. The summed E-state index contributed by atoms with van der Waals surface area (Å²) in [5.41, 5.74) is 8.33. The highest BCUT2D eigenvalue weighted by molar-refractivity contribution is 7.89. The largest absolute Gasteiger partial charge is 0.399 e. The Labute approximate surface area is 170 Å². The highest BCUT2D eigenvalue weighted by Crippen LogP contribution is 2.15. The molecule has 3 rings (SSSR count). The molecule has 0 aliphatic carbocycles. The summed E-state index contributed by atoms with van der Waals surface area (Å²) in [6.07, 6.45) is 0.523. The third-order valence-corrected chi connectivity index (χ3v) is 5.92. The van der Waals surface area contributed by atoms with E-state index >= 15 is 0 Å². The van der Waals surface area contributed by atoms with Crippen LogP contribution in [-0.2, 0) is 16.4 Å². The van der Waals surface area contributed by atoms with E-state index in [1.54, 1.807) is 66.7 Å². The van der Waals surface area contributed by atoms with Crippen LogP contribution in [0.3, 0.4) is 0 Å². The second-order valence-corrected chi connectivity index (χ2v) is 8.53. The van der Waals surface area contributed by atoms with Gasteiger partial charge in [0.25, 0.3) is 5.91 Å². The molecule has 1 atom stereocenters. The third-order valence-electron chi connectivity index (χ3n) is 4.31. The lowest BCUT2D eigenvalue weighted by molar-refractivity contribution is 0.102. The van der Waals surface area contributed by atoms with E-state index in [1.807, 2.05) is 19.1 Å². The smallest absolute Gasteiger partial charge is 0.255 e. The fraction of sp³-hybridized carbons (Fsp3) is 0.136. The van der Waals surface area contributed by atoms with Gasteiger partial charge in [-0.1, -0.05) is 36.4 Å². The number of amides is 1. The van der Waals surface area contributed by atoms with Crippen LogP contribution >= 0.6 is 0 Å². The molecule has 3 aromatic carbocycles. The van der Waals surface area contributed by atoms with Crippen LogP contribution < -0.4 is 15.8 Å². The molecule has 0 aliphatic heterocycles. The number of sulfonamides is 1. The zero-order valence-corrected chi connectivity index (χ0v) is 16.8. The van der Waals surface area contributed by atoms with Crippen LogP contribution in [0.15, 0.2) is 83.8 Å². The van der Waals surface area contributed by atoms with Gasteiger partial charge in [0.1, 0.15) is 0 Å². The minimum Gasteiger partial charge on any atom is -0.399 e. The van der Waals surface area contributed by atoms with E-state index in [1.165, 1.54) is 0 Å². The number of hydrogen-bond donors (Lipinski definition) is 3. The topological polar surface area (TPSA) is 101 Å². The molecule has 7 heteroatoms. The van der Waals surface area contributed by atoms with Crippen molar-refractivity contribution in [3.05, 3.63) is 90.0 Å². The number of nitrogen functional groups attached to an aromatic ring is 1. The van der Waals surface area contributed by atoms with E-state index in [2.05, 4.69) is 10.0 Å². The molecule has 3 aromatic rings. The molecular formula is C22H23N3O3S. The quantitative estimate of drug-likeness (QED) is 0.520. The van der Waals surface area contributed by atoms with Gasteiger partial charge in [-0.2, -0.15) is 0 Å². The maximum absolute atomic E-state index is 12.4. The lowest BCUT2D eigenvalue weighted by Crippen LogP contribution is -2.34. The van der Waals surface area contributed by atoms with Gasteiger partial charge in [-0.3, -0.25) is 4.79 Å². The van der Waals surface area contributed by atoms with Crippen molar-refractivity contribution < 1.29 is 13.2 Å². The minimum absolute atomic E-state index is 0.242. The molecule has 0 saturated carbocycles. The Balaban J connectivity index is 1.59. The summed E-state index contributed by atoms with van der Waals surface area (Å²) in [5.74, 6) is -0.242. The Bertz CT molecular complexity index is 1080. The second-order valence-electron chi connectivity index (χ2n) is 6.82. The predicted octanol–water partition coefficient (Wildman–Crippen LogP) is 3.43. The fourth-order valence-corrected chi connectivity index (χ4v) is 4.20. The summed E-state index contributed by atoms with van der Waals surface area (Å²) in [4.78, 5) is 12.5. The van der Waals surface area contributed by atoms with Gasteiger partial charge < -0.3 is 11.1 Å². The van der Waals surface area contributed by atoms with Gasteiger partial charge in [0.05, 0.1) is 4.90 Å². The van der Waals surface area contributed by atoms with Crippen LogP contribution in [0.1, 0.15) is 22.8 Å². The Morgan fingerprint density at radius 3 is 2.31 bits per heavy atom. The predicted molar refractivity (Wildman–Crippen MR) is 115 cm³/mol. The van der Waals surface area contributed by atoms with Gasteiger partial charge >= 0.3 is 0 Å². The molecule has 4 N–H and O–H groups in total. The van der Waals surface area contributed by atoms with Gasteiger partial charge in [0.15, 0.2) is 0 Å². The fourth-order valence-electron chi connectivity index (χ4n) is 2.94. The van der Waals surface area contributed by atoms with E-state index in [0.29, 0.717) is 23.4 Å². The van der Waals surface area contributed by atoms with Gasteiger partial charge in [-0.15, -0.1) is 0 Å². The maximum atomic E-state index is 12.4. The Morgan fingerprint density at radius 2 is 1.66 bits per heavy atom. The van der Waals surface area contributed by atoms with E-state index in [9.17, 15) is 13.2 Å². The zero-order chi connectivity index (χ0) is 20.9. The molecule has 150 valence electrons. The van der Waals surface area contributed by atoms with Gasteiger partial charge in [0, 0.05) is 23.0 Å². The summed E-state index contributed by atoms with van der Waals surface area (Å²) < 4.78 is 27.5. The van der Waals surface area contributed by atoms with E-state index in [0.717, 1.165) is 5.56 Å². The standard InChI is InChI=1S/C22H23N3O3S/c1-16(25-29(27,28)21-8-3-2-4-9-21)14-17-10-12-20(13-11-17)24-22(26)18-6-5-7-19(23)15-18/h2-13,15-16,25H,14,23H2,1H3,(H,24,26). The highest BCUT2D eigenvalue weighted by Gasteiger charge is 2.17. The highest BCUT2D eigenvalue weighted by atomic mass is 32.2. The molecule has 0 saturated heterocycles. The molecule has 0 spiro atoms. The van der Waals surface area contributed by atoms with Gasteiger partial charge in [0.2, 0.25) is 10.0 Å². The van der Waals surface area contributed by atoms with Crippen LogP contribution in [0, 0.1) is 0 Å². The lowest BCUT2D eigenvalue weighted by Gasteiger charge is -2.15. The van der Waals surface area contributed by atoms with E-state index in [4.69, 9.17) is 5.73 Å². The summed E-state index contributed by atoms with van der Waals surface area (Å²) >= 11 is 0. The first-order valence-electron chi connectivity index (χ1n) is 9.17. The molecule has 6 nitrogen and oxygen atoms in total. The average Bonchev–Trinajstić information content (AvgIpc) is 2.69. The number of nitrogens with one attached hydrogen (secondary N) is 2. The minimum atomic E-state index is -3.56. The normalized spacial score (nSPS) is 12.3. The van der Waals surface area contributed by atoms with Crippen LogP contribution in [0.4, 0.5) is 11.4 Å². The Hall–Kier alpha value is -3.16. The second kappa shape index (κ2) is 8.89. The molecule has 0 aromatic heterocycles. The Morgan fingerprint density at radius 1 is 0.966 bits per heavy atom. The average molecular weight is 410 g/mol.